The lowest BCUT2D eigenvalue weighted by Gasteiger charge is -2.47. The first kappa shape index (κ1) is 18.9. The molecule has 4 aliphatic heterocycles. The Hall–Kier alpha value is -0.850. The number of piperazine rings is 3. The minimum absolute atomic E-state index is 0.605. The van der Waals surface area contributed by atoms with Gasteiger partial charge in [-0.2, -0.15) is 0 Å². The number of hydrogen-bond acceptors (Lipinski definition) is 4. The van der Waals surface area contributed by atoms with E-state index in [-0.39, 0.29) is 0 Å². The number of aliphatic imine (C=N–C) groups is 1. The van der Waals surface area contributed by atoms with Gasteiger partial charge in [-0.3, -0.25) is 14.8 Å². The smallest absolute Gasteiger partial charge is 0.191 e. The molecule has 0 aromatic rings. The summed E-state index contributed by atoms with van der Waals surface area (Å²) in [4.78, 5) is 12.7. The largest absolute Gasteiger partial charge is 0.357 e. The molecule has 1 unspecified atom stereocenters. The molecule has 0 saturated carbocycles. The second-order valence-electron chi connectivity index (χ2n) is 8.01. The Morgan fingerprint density at radius 2 is 1.80 bits per heavy atom. The molecule has 4 aliphatic rings. The van der Waals surface area contributed by atoms with Crippen LogP contribution >= 0.6 is 0 Å². The highest BCUT2D eigenvalue weighted by Crippen LogP contribution is 2.16. The van der Waals surface area contributed by atoms with Crippen molar-refractivity contribution < 1.29 is 0 Å². The number of nitrogens with one attached hydrogen (secondary N) is 2. The Kier molecular flexibility index (Phi) is 7.37. The highest BCUT2D eigenvalue weighted by Gasteiger charge is 2.31. The minimum Gasteiger partial charge on any atom is -0.357 e. The summed E-state index contributed by atoms with van der Waals surface area (Å²) in [5.41, 5.74) is 0. The second-order valence-corrected chi connectivity index (χ2v) is 8.01. The number of likely N-dealkylation sites (tertiary alicyclic amines) is 1. The number of piperidine rings is 1. The van der Waals surface area contributed by atoms with Gasteiger partial charge < -0.3 is 15.5 Å². The first-order chi connectivity index (χ1) is 12.2. The molecule has 0 amide bonds. The van der Waals surface area contributed by atoms with Crippen LogP contribution in [-0.4, -0.2) is 98.7 Å². The predicted octanol–water partition coefficient (Wildman–Crippen LogP) is 0.663. The van der Waals surface area contributed by atoms with Crippen molar-refractivity contribution in [3.8, 4) is 0 Å². The maximum Gasteiger partial charge on any atom is 0.191 e. The van der Waals surface area contributed by atoms with E-state index in [0.717, 1.165) is 31.5 Å². The normalized spacial score (nSPS) is 31.3. The summed E-state index contributed by atoms with van der Waals surface area (Å²) in [5.74, 6) is 1.91. The van der Waals surface area contributed by atoms with Crippen molar-refractivity contribution in [2.75, 3.05) is 72.0 Å². The number of rotatable bonds is 7. The van der Waals surface area contributed by atoms with Gasteiger partial charge >= 0.3 is 0 Å². The molecule has 144 valence electrons. The van der Waals surface area contributed by atoms with Gasteiger partial charge in [0.25, 0.3) is 0 Å². The molecule has 0 aliphatic carbocycles. The fourth-order valence-corrected chi connectivity index (χ4v) is 4.23. The fraction of sp³-hybridized carbons (Fsp3) is 0.947. The molecule has 0 aromatic heterocycles. The topological polar surface area (TPSA) is 46.1 Å². The molecule has 4 saturated heterocycles. The summed E-state index contributed by atoms with van der Waals surface area (Å²) in [6, 6.07) is 0.605. The standard InChI is InChI=1S/C19H38N6/c1-3-20-19(21-7-4-8-23-9-5-17(2)6-10-23)22-15-18-16-24-11-13-25(18)14-12-24/h17-18H,3-16H2,1-2H3,(H2,20,21,22). The van der Waals surface area contributed by atoms with E-state index < -0.39 is 0 Å². The molecule has 0 radical (unpaired) electrons. The van der Waals surface area contributed by atoms with Gasteiger partial charge in [0.15, 0.2) is 5.96 Å². The van der Waals surface area contributed by atoms with Crippen LogP contribution in [0.2, 0.25) is 0 Å². The zero-order valence-corrected chi connectivity index (χ0v) is 16.3. The van der Waals surface area contributed by atoms with Crippen LogP contribution in [0.4, 0.5) is 0 Å². The van der Waals surface area contributed by atoms with Gasteiger partial charge in [0, 0.05) is 51.9 Å². The molecule has 2 N–H and O–H groups in total. The molecule has 0 spiro atoms. The van der Waals surface area contributed by atoms with Crippen LogP contribution in [0.15, 0.2) is 4.99 Å². The summed E-state index contributed by atoms with van der Waals surface area (Å²) in [6.07, 6.45) is 3.93. The average molecular weight is 351 g/mol. The third-order valence-corrected chi connectivity index (χ3v) is 6.02. The monoisotopic (exact) mass is 350 g/mol. The van der Waals surface area contributed by atoms with E-state index in [1.54, 1.807) is 0 Å². The van der Waals surface area contributed by atoms with Gasteiger partial charge in [0.2, 0.25) is 0 Å². The van der Waals surface area contributed by atoms with Crippen molar-refractivity contribution in [1.82, 2.24) is 25.3 Å². The van der Waals surface area contributed by atoms with E-state index >= 15 is 0 Å². The number of nitrogens with zero attached hydrogens (tertiary/aromatic N) is 4. The maximum absolute atomic E-state index is 4.86. The SMILES string of the molecule is CCNC(=NCC1CN2CCN1CC2)NCCCN1CCC(C)CC1. The van der Waals surface area contributed by atoms with E-state index in [1.807, 2.05) is 0 Å². The molecule has 6 nitrogen and oxygen atoms in total. The van der Waals surface area contributed by atoms with E-state index in [9.17, 15) is 0 Å². The summed E-state index contributed by atoms with van der Waals surface area (Å²) in [5, 5.41) is 6.94. The van der Waals surface area contributed by atoms with Crippen LogP contribution in [0.3, 0.4) is 0 Å². The van der Waals surface area contributed by atoms with Crippen LogP contribution < -0.4 is 10.6 Å². The Bertz CT molecular complexity index is 410. The first-order valence-corrected chi connectivity index (χ1v) is 10.5. The van der Waals surface area contributed by atoms with Crippen molar-refractivity contribution in [3.05, 3.63) is 0 Å². The zero-order chi connectivity index (χ0) is 17.5. The zero-order valence-electron chi connectivity index (χ0n) is 16.3. The average Bonchev–Trinajstić information content (AvgIpc) is 2.65. The van der Waals surface area contributed by atoms with Crippen LogP contribution in [0, 0.1) is 5.92 Å². The van der Waals surface area contributed by atoms with Gasteiger partial charge in [-0.05, 0) is 51.7 Å². The summed E-state index contributed by atoms with van der Waals surface area (Å²) in [7, 11) is 0. The number of hydrogen-bond donors (Lipinski definition) is 2. The molecule has 2 bridgehead atoms. The molecule has 4 rings (SSSR count). The van der Waals surface area contributed by atoms with E-state index in [4.69, 9.17) is 4.99 Å². The lowest BCUT2D eigenvalue weighted by Crippen LogP contribution is -2.62. The van der Waals surface area contributed by atoms with Crippen LogP contribution in [0.5, 0.6) is 0 Å². The summed E-state index contributed by atoms with van der Waals surface area (Å²) in [6.45, 7) is 17.3. The van der Waals surface area contributed by atoms with Crippen LogP contribution in [0.25, 0.3) is 0 Å². The molecule has 25 heavy (non-hydrogen) atoms. The molecule has 6 heteroatoms. The summed E-state index contributed by atoms with van der Waals surface area (Å²) < 4.78 is 0. The molecular formula is C19H38N6. The Labute approximate surface area is 154 Å². The van der Waals surface area contributed by atoms with E-state index in [0.29, 0.717) is 6.04 Å². The molecule has 4 fully saturated rings. The summed E-state index contributed by atoms with van der Waals surface area (Å²) >= 11 is 0. The van der Waals surface area contributed by atoms with Crippen molar-refractivity contribution in [3.63, 3.8) is 0 Å². The highest BCUT2D eigenvalue weighted by molar-refractivity contribution is 5.79. The fourth-order valence-electron chi connectivity index (χ4n) is 4.23. The van der Waals surface area contributed by atoms with Gasteiger partial charge in [-0.15, -0.1) is 0 Å². The number of guanidine groups is 1. The van der Waals surface area contributed by atoms with E-state index in [2.05, 4.69) is 39.2 Å². The Morgan fingerprint density at radius 1 is 1.04 bits per heavy atom. The van der Waals surface area contributed by atoms with Gasteiger partial charge in [0.1, 0.15) is 0 Å². The van der Waals surface area contributed by atoms with Crippen molar-refractivity contribution in [1.29, 1.82) is 0 Å². The van der Waals surface area contributed by atoms with Gasteiger partial charge in [0.05, 0.1) is 6.54 Å². The maximum atomic E-state index is 4.86. The highest BCUT2D eigenvalue weighted by atomic mass is 15.3. The third-order valence-electron chi connectivity index (χ3n) is 6.02. The number of fused-ring (bicyclic) bond motifs is 3. The molecule has 0 aromatic carbocycles. The third kappa shape index (κ3) is 5.83. The van der Waals surface area contributed by atoms with Gasteiger partial charge in [-0.1, -0.05) is 6.92 Å². The van der Waals surface area contributed by atoms with Crippen LogP contribution in [0.1, 0.15) is 33.1 Å². The van der Waals surface area contributed by atoms with E-state index in [1.165, 1.54) is 71.6 Å². The van der Waals surface area contributed by atoms with Crippen molar-refractivity contribution >= 4 is 5.96 Å². The molecular weight excluding hydrogens is 312 g/mol. The minimum atomic E-state index is 0.605. The lowest BCUT2D eigenvalue weighted by atomic mass is 9.99. The first-order valence-electron chi connectivity index (χ1n) is 10.5. The Morgan fingerprint density at radius 3 is 2.44 bits per heavy atom. The Balaban J connectivity index is 1.35. The van der Waals surface area contributed by atoms with Crippen molar-refractivity contribution in [2.45, 2.75) is 39.2 Å². The lowest BCUT2D eigenvalue weighted by molar-refractivity contribution is 0.0174. The quantitative estimate of drug-likeness (QED) is 0.401. The molecule has 1 atom stereocenters. The van der Waals surface area contributed by atoms with Crippen LogP contribution in [-0.2, 0) is 0 Å². The van der Waals surface area contributed by atoms with Crippen molar-refractivity contribution in [2.24, 2.45) is 10.9 Å². The second kappa shape index (κ2) is 9.74. The van der Waals surface area contributed by atoms with Gasteiger partial charge in [-0.25, -0.2) is 0 Å². The molecule has 4 heterocycles. The predicted molar refractivity (Wildman–Crippen MR) is 105 cm³/mol.